The van der Waals surface area contributed by atoms with E-state index in [2.05, 4.69) is 0 Å². The fraction of sp³-hybridized carbons (Fsp3) is 0.929. The van der Waals surface area contributed by atoms with Crippen molar-refractivity contribution in [3.05, 3.63) is 0 Å². The number of aliphatic carboxylic acids is 1. The number of alkyl halides is 1. The van der Waals surface area contributed by atoms with E-state index in [1.807, 2.05) is 27.7 Å². The van der Waals surface area contributed by atoms with E-state index < -0.39 is 29.3 Å². The summed E-state index contributed by atoms with van der Waals surface area (Å²) in [6.07, 6.45) is 0.465. The van der Waals surface area contributed by atoms with E-state index in [0.29, 0.717) is 19.3 Å². The Morgan fingerprint density at radius 3 is 2.30 bits per heavy atom. The van der Waals surface area contributed by atoms with Gasteiger partial charge in [0.15, 0.2) is 0 Å². The van der Waals surface area contributed by atoms with Gasteiger partial charge >= 0.3 is 13.1 Å². The van der Waals surface area contributed by atoms with Gasteiger partial charge < -0.3 is 14.4 Å². The van der Waals surface area contributed by atoms with Crippen LogP contribution in [0.5, 0.6) is 0 Å². The third-order valence-corrected chi connectivity index (χ3v) is 5.02. The molecule has 0 bridgehead atoms. The van der Waals surface area contributed by atoms with Gasteiger partial charge in [0.2, 0.25) is 0 Å². The number of carboxylic acid groups (broad SMARTS) is 1. The zero-order chi connectivity index (χ0) is 15.1. The van der Waals surface area contributed by atoms with E-state index in [1.165, 1.54) is 0 Å². The summed E-state index contributed by atoms with van der Waals surface area (Å²) in [5.74, 6) is -1.29. The average Bonchev–Trinajstić information content (AvgIpc) is 2.50. The molecule has 0 aromatic heterocycles. The third kappa shape index (κ3) is 3.01. The maximum absolute atomic E-state index is 13.8. The van der Waals surface area contributed by atoms with Gasteiger partial charge in [-0.25, -0.2) is 4.39 Å². The number of hydrogen-bond donors (Lipinski definition) is 1. The first-order valence-electron chi connectivity index (χ1n) is 7.34. The van der Waals surface area contributed by atoms with Crippen LogP contribution in [0.1, 0.15) is 53.4 Å². The Balaban J connectivity index is 2.02. The Bertz CT molecular complexity index is 369. The fourth-order valence-corrected chi connectivity index (χ4v) is 3.03. The molecule has 3 unspecified atom stereocenters. The number of carbonyl (C=O) groups is 1. The first-order chi connectivity index (χ1) is 9.12. The van der Waals surface area contributed by atoms with Crippen molar-refractivity contribution in [1.82, 2.24) is 0 Å². The van der Waals surface area contributed by atoms with Crippen LogP contribution >= 0.6 is 0 Å². The van der Waals surface area contributed by atoms with E-state index >= 15 is 0 Å². The molecule has 3 atom stereocenters. The lowest BCUT2D eigenvalue weighted by atomic mass is 9.61. The van der Waals surface area contributed by atoms with Gasteiger partial charge in [-0.3, -0.25) is 4.79 Å². The number of halogens is 1. The molecule has 1 aliphatic carbocycles. The van der Waals surface area contributed by atoms with Crippen molar-refractivity contribution in [2.75, 3.05) is 0 Å². The molecule has 0 aromatic rings. The average molecular weight is 286 g/mol. The quantitative estimate of drug-likeness (QED) is 0.810. The van der Waals surface area contributed by atoms with Crippen LogP contribution in [0.3, 0.4) is 0 Å². The lowest BCUT2D eigenvalue weighted by Crippen LogP contribution is -2.41. The van der Waals surface area contributed by atoms with Crippen molar-refractivity contribution < 1.29 is 23.6 Å². The predicted octanol–water partition coefficient (Wildman–Crippen LogP) is 3.06. The summed E-state index contributed by atoms with van der Waals surface area (Å²) in [6, 6.07) is 0. The van der Waals surface area contributed by atoms with Crippen molar-refractivity contribution >= 4 is 13.1 Å². The molecule has 1 saturated heterocycles. The van der Waals surface area contributed by atoms with Crippen molar-refractivity contribution in [2.24, 2.45) is 5.92 Å². The minimum absolute atomic E-state index is 0.0763. The van der Waals surface area contributed by atoms with Gasteiger partial charge in [0, 0.05) is 5.92 Å². The SMILES string of the molecule is CC1(C)OB(C2CCC(F)C(CC(=O)O)C2)OC1(C)C. The van der Waals surface area contributed by atoms with Crippen LogP contribution < -0.4 is 0 Å². The molecule has 1 saturated carbocycles. The largest absolute Gasteiger partial charge is 0.481 e. The molecule has 1 heterocycles. The summed E-state index contributed by atoms with van der Waals surface area (Å²) >= 11 is 0. The summed E-state index contributed by atoms with van der Waals surface area (Å²) in [5, 5.41) is 8.87. The van der Waals surface area contributed by atoms with E-state index in [4.69, 9.17) is 14.4 Å². The number of rotatable bonds is 3. The van der Waals surface area contributed by atoms with Crippen LogP contribution in [0, 0.1) is 5.92 Å². The summed E-state index contributed by atoms with van der Waals surface area (Å²) in [6.45, 7) is 7.95. The molecule has 4 nitrogen and oxygen atoms in total. The van der Waals surface area contributed by atoms with E-state index in [0.717, 1.165) is 0 Å². The van der Waals surface area contributed by atoms with Gasteiger partial charge in [0.05, 0.1) is 17.6 Å². The normalized spacial score (nSPS) is 36.0. The number of hydrogen-bond acceptors (Lipinski definition) is 3. The van der Waals surface area contributed by atoms with Crippen molar-refractivity contribution in [1.29, 1.82) is 0 Å². The highest BCUT2D eigenvalue weighted by Gasteiger charge is 2.54. The van der Waals surface area contributed by atoms with Gasteiger partial charge in [0.25, 0.3) is 0 Å². The maximum Gasteiger partial charge on any atom is 0.461 e. The molecule has 0 amide bonds. The number of carboxylic acids is 1. The van der Waals surface area contributed by atoms with Crippen molar-refractivity contribution in [3.63, 3.8) is 0 Å². The van der Waals surface area contributed by atoms with Gasteiger partial charge in [-0.1, -0.05) is 0 Å². The van der Waals surface area contributed by atoms with Crippen LogP contribution in [-0.4, -0.2) is 35.6 Å². The van der Waals surface area contributed by atoms with Crippen LogP contribution in [0.25, 0.3) is 0 Å². The van der Waals surface area contributed by atoms with Gasteiger partial charge in [-0.2, -0.15) is 0 Å². The zero-order valence-corrected chi connectivity index (χ0v) is 12.7. The molecular formula is C14H24BFO4. The topological polar surface area (TPSA) is 55.8 Å². The van der Waals surface area contributed by atoms with Crippen molar-refractivity contribution in [2.45, 2.75) is 76.6 Å². The maximum atomic E-state index is 13.8. The predicted molar refractivity (Wildman–Crippen MR) is 74.3 cm³/mol. The molecule has 2 aliphatic rings. The monoisotopic (exact) mass is 286 g/mol. The summed E-state index contributed by atoms with van der Waals surface area (Å²) in [4.78, 5) is 10.8. The molecule has 2 rings (SSSR count). The lowest BCUT2D eigenvalue weighted by Gasteiger charge is -2.32. The molecule has 1 aliphatic heterocycles. The second-order valence-electron chi connectivity index (χ2n) is 7.07. The zero-order valence-electron chi connectivity index (χ0n) is 12.7. The highest BCUT2D eigenvalue weighted by molar-refractivity contribution is 6.47. The second kappa shape index (κ2) is 5.30. The Labute approximate surface area is 120 Å². The molecule has 114 valence electrons. The second-order valence-corrected chi connectivity index (χ2v) is 7.07. The molecule has 0 spiro atoms. The van der Waals surface area contributed by atoms with Gasteiger partial charge in [-0.15, -0.1) is 0 Å². The van der Waals surface area contributed by atoms with Crippen LogP contribution in [0.15, 0.2) is 0 Å². The Hall–Kier alpha value is -0.615. The van der Waals surface area contributed by atoms with Crippen molar-refractivity contribution in [3.8, 4) is 0 Å². The van der Waals surface area contributed by atoms with Crippen LogP contribution in [-0.2, 0) is 14.1 Å². The lowest BCUT2D eigenvalue weighted by molar-refractivity contribution is -0.139. The highest BCUT2D eigenvalue weighted by Crippen LogP contribution is 2.46. The first-order valence-corrected chi connectivity index (χ1v) is 7.34. The smallest absolute Gasteiger partial charge is 0.461 e. The van der Waals surface area contributed by atoms with E-state index in [-0.39, 0.29) is 19.4 Å². The molecule has 2 fully saturated rings. The Morgan fingerprint density at radius 2 is 1.80 bits per heavy atom. The first kappa shape index (κ1) is 15.8. The fourth-order valence-electron chi connectivity index (χ4n) is 3.03. The standard InChI is InChI=1S/C14H24BFO4/c1-13(2)14(3,4)20-15(19-13)10-5-6-11(16)9(7-10)8-12(17)18/h9-11H,5-8H2,1-4H3,(H,17,18). The summed E-state index contributed by atoms with van der Waals surface area (Å²) < 4.78 is 25.8. The Kier molecular flexibility index (Phi) is 4.18. The molecule has 6 heteroatoms. The van der Waals surface area contributed by atoms with E-state index in [9.17, 15) is 9.18 Å². The summed E-state index contributed by atoms with van der Waals surface area (Å²) in [7, 11) is -0.358. The summed E-state index contributed by atoms with van der Waals surface area (Å²) in [5.41, 5.74) is -0.793. The highest BCUT2D eigenvalue weighted by atomic mass is 19.1. The third-order valence-electron chi connectivity index (χ3n) is 5.02. The molecule has 1 N–H and O–H groups in total. The molecule has 0 radical (unpaired) electrons. The van der Waals surface area contributed by atoms with Gasteiger partial charge in [-0.05, 0) is 52.8 Å². The van der Waals surface area contributed by atoms with Gasteiger partial charge in [0.1, 0.15) is 6.17 Å². The molecular weight excluding hydrogens is 262 g/mol. The van der Waals surface area contributed by atoms with Crippen LogP contribution in [0.4, 0.5) is 4.39 Å². The van der Waals surface area contributed by atoms with Crippen LogP contribution in [0.2, 0.25) is 5.82 Å². The molecule has 0 aromatic carbocycles. The minimum atomic E-state index is -1.02. The Morgan fingerprint density at radius 1 is 1.25 bits per heavy atom. The minimum Gasteiger partial charge on any atom is -0.481 e. The molecule has 20 heavy (non-hydrogen) atoms. The van der Waals surface area contributed by atoms with E-state index in [1.54, 1.807) is 0 Å².